The number of fused-ring (bicyclic) bond motifs is 1. The van der Waals surface area contributed by atoms with Gasteiger partial charge in [0.2, 0.25) is 0 Å². The van der Waals surface area contributed by atoms with Crippen molar-refractivity contribution < 1.29 is 0 Å². The van der Waals surface area contributed by atoms with Gasteiger partial charge in [-0.05, 0) is 80.7 Å². The molecule has 160 valence electrons. The third kappa shape index (κ3) is 3.90. The summed E-state index contributed by atoms with van der Waals surface area (Å²) in [7, 11) is 0. The van der Waals surface area contributed by atoms with E-state index in [1.165, 1.54) is 12.8 Å². The van der Waals surface area contributed by atoms with E-state index in [4.69, 9.17) is 11.6 Å². The second-order valence-electron chi connectivity index (χ2n) is 8.61. The summed E-state index contributed by atoms with van der Waals surface area (Å²) in [6.45, 7) is 4.46. The van der Waals surface area contributed by atoms with Crippen molar-refractivity contribution >= 4 is 22.5 Å². The molecule has 1 N–H and O–H groups in total. The molecule has 3 heterocycles. The molecule has 1 aliphatic heterocycles. The Hall–Kier alpha value is -3.13. The van der Waals surface area contributed by atoms with Gasteiger partial charge in [-0.1, -0.05) is 23.7 Å². The van der Waals surface area contributed by atoms with Gasteiger partial charge in [0.1, 0.15) is 0 Å². The fourth-order valence-electron chi connectivity index (χ4n) is 4.80. The van der Waals surface area contributed by atoms with E-state index >= 15 is 0 Å². The molecule has 5 heteroatoms. The minimum absolute atomic E-state index is 0.361. The van der Waals surface area contributed by atoms with Gasteiger partial charge in [0.15, 0.2) is 0 Å². The Kier molecular flexibility index (Phi) is 5.70. The molecular weight excluding hydrogens is 416 g/mol. The molecule has 1 fully saturated rings. The summed E-state index contributed by atoms with van der Waals surface area (Å²) in [4.78, 5) is 4.54. The molecular formula is C27H25ClN4. The minimum atomic E-state index is 0.361. The SMILES string of the molecule is CC(C1CCCNC1)n1cc(-c2cncc(-c3ccc(Cl)cc3)c2)c2cc(C#N)ccc21. The second-order valence-corrected chi connectivity index (χ2v) is 9.05. The van der Waals surface area contributed by atoms with Crippen molar-refractivity contribution in [1.82, 2.24) is 14.9 Å². The number of rotatable bonds is 4. The Bertz CT molecular complexity index is 1290. The highest BCUT2D eigenvalue weighted by atomic mass is 35.5. The first-order chi connectivity index (χ1) is 15.6. The highest BCUT2D eigenvalue weighted by Crippen LogP contribution is 2.37. The number of hydrogen-bond acceptors (Lipinski definition) is 3. The van der Waals surface area contributed by atoms with Gasteiger partial charge in [-0.25, -0.2) is 0 Å². The average molecular weight is 441 g/mol. The van der Waals surface area contributed by atoms with E-state index in [-0.39, 0.29) is 0 Å². The fourth-order valence-corrected chi connectivity index (χ4v) is 4.92. The number of aromatic nitrogens is 2. The Labute approximate surface area is 193 Å². The average Bonchev–Trinajstić information content (AvgIpc) is 3.23. The molecule has 2 aromatic carbocycles. The van der Waals surface area contributed by atoms with Crippen LogP contribution in [0.25, 0.3) is 33.2 Å². The highest BCUT2D eigenvalue weighted by molar-refractivity contribution is 6.30. The molecule has 5 rings (SSSR count). The zero-order valence-corrected chi connectivity index (χ0v) is 18.8. The summed E-state index contributed by atoms with van der Waals surface area (Å²) in [6, 6.07) is 18.6. The largest absolute Gasteiger partial charge is 0.344 e. The molecule has 32 heavy (non-hydrogen) atoms. The number of halogens is 1. The first-order valence-corrected chi connectivity index (χ1v) is 11.5. The maximum absolute atomic E-state index is 9.51. The predicted octanol–water partition coefficient (Wildman–Crippen LogP) is 6.46. The van der Waals surface area contributed by atoms with E-state index in [0.29, 0.717) is 17.5 Å². The first kappa shape index (κ1) is 20.8. The zero-order chi connectivity index (χ0) is 22.1. The lowest BCUT2D eigenvalue weighted by molar-refractivity contribution is 0.284. The number of nitriles is 1. The molecule has 2 aromatic heterocycles. The summed E-state index contributed by atoms with van der Waals surface area (Å²) < 4.78 is 2.39. The number of pyridine rings is 1. The highest BCUT2D eigenvalue weighted by Gasteiger charge is 2.24. The lowest BCUT2D eigenvalue weighted by Crippen LogP contribution is -2.34. The minimum Gasteiger partial charge on any atom is -0.344 e. The Morgan fingerprint density at radius 2 is 1.91 bits per heavy atom. The summed E-state index contributed by atoms with van der Waals surface area (Å²) in [5.41, 5.74) is 6.11. The van der Waals surface area contributed by atoms with Crippen LogP contribution >= 0.6 is 11.6 Å². The summed E-state index contributed by atoms with van der Waals surface area (Å²) in [5, 5.41) is 14.9. The van der Waals surface area contributed by atoms with Crippen molar-refractivity contribution in [3.63, 3.8) is 0 Å². The summed E-state index contributed by atoms with van der Waals surface area (Å²) >= 11 is 6.07. The molecule has 0 saturated carbocycles. The van der Waals surface area contributed by atoms with Crippen LogP contribution in [0.3, 0.4) is 0 Å². The van der Waals surface area contributed by atoms with Crippen LogP contribution in [0.2, 0.25) is 5.02 Å². The maximum Gasteiger partial charge on any atom is 0.0991 e. The molecule has 4 aromatic rings. The second kappa shape index (κ2) is 8.78. The number of nitrogens with zero attached hydrogens (tertiary/aromatic N) is 3. The van der Waals surface area contributed by atoms with Crippen LogP contribution in [-0.2, 0) is 0 Å². The van der Waals surface area contributed by atoms with Crippen LogP contribution in [0.4, 0.5) is 0 Å². The Morgan fingerprint density at radius 3 is 2.66 bits per heavy atom. The normalized spacial score (nSPS) is 17.2. The quantitative estimate of drug-likeness (QED) is 0.396. The lowest BCUT2D eigenvalue weighted by Gasteiger charge is -2.30. The topological polar surface area (TPSA) is 53.6 Å². The van der Waals surface area contributed by atoms with Crippen LogP contribution in [0.15, 0.2) is 67.1 Å². The van der Waals surface area contributed by atoms with E-state index in [2.05, 4.69) is 46.2 Å². The smallest absolute Gasteiger partial charge is 0.0991 e. The number of nitrogens with one attached hydrogen (secondary N) is 1. The molecule has 2 atom stereocenters. The third-order valence-corrected chi connectivity index (χ3v) is 6.90. The van der Waals surface area contributed by atoms with Gasteiger partial charge < -0.3 is 9.88 Å². The number of piperidine rings is 1. The van der Waals surface area contributed by atoms with Crippen molar-refractivity contribution in [3.8, 4) is 28.3 Å². The molecule has 1 saturated heterocycles. The van der Waals surface area contributed by atoms with Crippen molar-refractivity contribution in [1.29, 1.82) is 5.26 Å². The van der Waals surface area contributed by atoms with E-state index in [1.54, 1.807) is 0 Å². The third-order valence-electron chi connectivity index (χ3n) is 6.64. The zero-order valence-electron chi connectivity index (χ0n) is 18.1. The number of hydrogen-bond donors (Lipinski definition) is 1. The van der Waals surface area contributed by atoms with Crippen molar-refractivity contribution in [2.24, 2.45) is 5.92 Å². The van der Waals surface area contributed by atoms with Gasteiger partial charge in [-0.15, -0.1) is 0 Å². The Morgan fingerprint density at radius 1 is 1.09 bits per heavy atom. The summed E-state index contributed by atoms with van der Waals surface area (Å²) in [6.07, 6.45) is 8.47. The van der Waals surface area contributed by atoms with Crippen LogP contribution in [0.5, 0.6) is 0 Å². The van der Waals surface area contributed by atoms with Crippen molar-refractivity contribution in [2.75, 3.05) is 13.1 Å². The van der Waals surface area contributed by atoms with Gasteiger partial charge in [0, 0.05) is 57.2 Å². The molecule has 1 aliphatic rings. The van der Waals surface area contributed by atoms with Crippen LogP contribution in [0, 0.1) is 17.2 Å². The molecule has 0 radical (unpaired) electrons. The molecule has 0 aliphatic carbocycles. The molecule has 0 amide bonds. The Balaban J connectivity index is 1.63. The van der Waals surface area contributed by atoms with E-state index < -0.39 is 0 Å². The molecule has 2 unspecified atom stereocenters. The van der Waals surface area contributed by atoms with Crippen molar-refractivity contribution in [3.05, 3.63) is 77.7 Å². The van der Waals surface area contributed by atoms with Crippen LogP contribution in [-0.4, -0.2) is 22.6 Å². The van der Waals surface area contributed by atoms with Gasteiger partial charge >= 0.3 is 0 Å². The molecule has 4 nitrogen and oxygen atoms in total. The van der Waals surface area contributed by atoms with Crippen LogP contribution < -0.4 is 5.32 Å². The lowest BCUT2D eigenvalue weighted by atomic mass is 9.92. The van der Waals surface area contributed by atoms with Crippen molar-refractivity contribution in [2.45, 2.75) is 25.8 Å². The van der Waals surface area contributed by atoms with E-state index in [9.17, 15) is 5.26 Å². The number of benzene rings is 2. The van der Waals surface area contributed by atoms with Crippen LogP contribution in [0.1, 0.15) is 31.4 Å². The maximum atomic E-state index is 9.51. The van der Waals surface area contributed by atoms with Gasteiger partial charge in [0.25, 0.3) is 0 Å². The monoisotopic (exact) mass is 440 g/mol. The summed E-state index contributed by atoms with van der Waals surface area (Å²) in [5.74, 6) is 0.585. The first-order valence-electron chi connectivity index (χ1n) is 11.1. The standard InChI is InChI=1S/C27H25ClN4/c1-18(21-3-2-10-30-14-21)32-17-26(25-11-19(13-29)4-9-27(25)32)23-12-22(15-31-16-23)20-5-7-24(28)8-6-20/h4-9,11-12,15-18,21,30H,2-3,10,14H2,1H3. The molecule has 0 bridgehead atoms. The molecule has 0 spiro atoms. The predicted molar refractivity (Wildman–Crippen MR) is 131 cm³/mol. The van der Waals surface area contributed by atoms with Gasteiger partial charge in [0.05, 0.1) is 11.6 Å². The van der Waals surface area contributed by atoms with E-state index in [1.807, 2.05) is 48.8 Å². The van der Waals surface area contributed by atoms with E-state index in [0.717, 1.165) is 51.3 Å². The van der Waals surface area contributed by atoms with Gasteiger partial charge in [-0.3, -0.25) is 4.98 Å². The fraction of sp³-hybridized carbons (Fsp3) is 0.259. The van der Waals surface area contributed by atoms with Gasteiger partial charge in [-0.2, -0.15) is 5.26 Å².